The highest BCUT2D eigenvalue weighted by molar-refractivity contribution is 8.10. The van der Waals surface area contributed by atoms with E-state index >= 15 is 0 Å². The van der Waals surface area contributed by atoms with Gasteiger partial charge in [0, 0.05) is 18.8 Å². The molecule has 2 aromatic carbocycles. The van der Waals surface area contributed by atoms with Gasteiger partial charge < -0.3 is 14.9 Å². The summed E-state index contributed by atoms with van der Waals surface area (Å²) < 4.78 is 60.9. The Labute approximate surface area is 273 Å². The molecular formula is C36H46O8S2. The van der Waals surface area contributed by atoms with Crippen LogP contribution in [0.2, 0.25) is 0 Å². The molecule has 250 valence electrons. The van der Waals surface area contributed by atoms with Crippen LogP contribution in [0.25, 0.3) is 0 Å². The van der Waals surface area contributed by atoms with E-state index in [2.05, 4.69) is 13.5 Å². The molecule has 4 rings (SSSR count). The van der Waals surface area contributed by atoms with Gasteiger partial charge in [-0.3, -0.25) is 4.79 Å². The topological polar surface area (TPSA) is 135 Å². The number of carbonyl (C=O) groups is 1. The fourth-order valence-corrected chi connectivity index (χ4v) is 12.1. The average Bonchev–Trinajstić information content (AvgIpc) is 3.58. The van der Waals surface area contributed by atoms with Crippen LogP contribution in [0.4, 0.5) is 0 Å². The van der Waals surface area contributed by atoms with Crippen molar-refractivity contribution in [3.05, 3.63) is 97.1 Å². The second-order valence-corrected chi connectivity index (χ2v) is 17.4. The van der Waals surface area contributed by atoms with Gasteiger partial charge >= 0.3 is 5.97 Å². The number of hydrogen-bond donors (Lipinski definition) is 2. The van der Waals surface area contributed by atoms with Gasteiger partial charge in [0.25, 0.3) is 0 Å². The molecule has 2 aliphatic carbocycles. The van der Waals surface area contributed by atoms with Crippen LogP contribution in [-0.2, 0) is 29.2 Å². The third kappa shape index (κ3) is 7.25. The Balaban J connectivity index is 1.73. The maximum Gasteiger partial charge on any atom is 0.305 e. The number of methoxy groups -OCH3 is 1. The van der Waals surface area contributed by atoms with Gasteiger partial charge in [0.15, 0.2) is 23.8 Å². The molecular weight excluding hydrogens is 625 g/mol. The number of fused-ring (bicyclic) bond motifs is 1. The highest BCUT2D eigenvalue weighted by atomic mass is 32.3. The molecule has 0 saturated heterocycles. The van der Waals surface area contributed by atoms with E-state index in [9.17, 15) is 31.8 Å². The number of unbranched alkanes of at least 4 members (excludes halogenated alkanes) is 1. The number of esters is 1. The van der Waals surface area contributed by atoms with E-state index < -0.39 is 54.3 Å². The van der Waals surface area contributed by atoms with Crippen LogP contribution in [0.15, 0.2) is 107 Å². The smallest absolute Gasteiger partial charge is 0.305 e. The third-order valence-electron chi connectivity index (χ3n) is 9.64. The van der Waals surface area contributed by atoms with Crippen molar-refractivity contribution < 1.29 is 36.6 Å². The summed E-state index contributed by atoms with van der Waals surface area (Å²) in [5.41, 5.74) is -0.375. The second kappa shape index (κ2) is 14.8. The van der Waals surface area contributed by atoms with Crippen molar-refractivity contribution in [2.24, 2.45) is 17.8 Å². The van der Waals surface area contributed by atoms with Crippen LogP contribution in [-0.4, -0.2) is 55.9 Å². The molecule has 0 spiro atoms. The SMILES string of the molecule is C=CC(O)(CC=C[C@H]1[C@H]2CC(CC(CCC(=O)OC)(S(=O)(=O)c3ccccc3)S(=O)(=O)c3ccccc3)=C[C@H]2C[C@H]1O)CCCC. The zero-order valence-corrected chi connectivity index (χ0v) is 28.3. The predicted molar refractivity (Wildman–Crippen MR) is 178 cm³/mol. The number of ether oxygens (including phenoxy) is 1. The normalized spacial score (nSPS) is 23.1. The molecule has 2 aliphatic rings. The van der Waals surface area contributed by atoms with Crippen LogP contribution in [0.5, 0.6) is 0 Å². The summed E-state index contributed by atoms with van der Waals surface area (Å²) in [5, 5.41) is 21.9. The third-order valence-corrected chi connectivity index (χ3v) is 15.4. The molecule has 0 aromatic heterocycles. The Morgan fingerprint density at radius 1 is 1.00 bits per heavy atom. The fraction of sp³-hybridized carbons (Fsp3) is 0.472. The van der Waals surface area contributed by atoms with E-state index in [0.29, 0.717) is 31.3 Å². The Morgan fingerprint density at radius 3 is 2.11 bits per heavy atom. The summed E-state index contributed by atoms with van der Waals surface area (Å²) in [6.45, 7) is 5.85. The van der Waals surface area contributed by atoms with Gasteiger partial charge in [-0.15, -0.1) is 6.58 Å². The molecule has 1 unspecified atom stereocenters. The molecule has 0 radical (unpaired) electrons. The summed E-state index contributed by atoms with van der Waals surface area (Å²) in [5.74, 6) is -1.10. The number of benzene rings is 2. The van der Waals surface area contributed by atoms with Gasteiger partial charge in [-0.05, 0) is 68.2 Å². The number of aliphatic hydroxyl groups is 2. The molecule has 2 aromatic rings. The maximum atomic E-state index is 14.6. The Morgan fingerprint density at radius 2 is 1.59 bits per heavy atom. The first-order valence-electron chi connectivity index (χ1n) is 15.9. The zero-order chi connectivity index (χ0) is 33.6. The van der Waals surface area contributed by atoms with E-state index in [1.807, 2.05) is 18.2 Å². The number of hydrogen-bond acceptors (Lipinski definition) is 8. The number of aliphatic hydroxyl groups excluding tert-OH is 1. The first-order valence-corrected chi connectivity index (χ1v) is 18.9. The van der Waals surface area contributed by atoms with Gasteiger partial charge in [-0.1, -0.05) is 86.0 Å². The number of allylic oxidation sites excluding steroid dienone is 2. The molecule has 0 amide bonds. The van der Waals surface area contributed by atoms with Crippen LogP contribution in [0.3, 0.4) is 0 Å². The summed E-state index contributed by atoms with van der Waals surface area (Å²) in [6, 6.07) is 15.0. The van der Waals surface area contributed by atoms with Crippen LogP contribution in [0, 0.1) is 17.8 Å². The van der Waals surface area contributed by atoms with Crippen molar-refractivity contribution in [2.45, 2.75) is 90.3 Å². The number of rotatable bonds is 16. The van der Waals surface area contributed by atoms with Gasteiger partial charge in [0.1, 0.15) is 0 Å². The summed E-state index contributed by atoms with van der Waals surface area (Å²) in [4.78, 5) is 12.1. The fourth-order valence-electron chi connectivity index (χ4n) is 7.00. The van der Waals surface area contributed by atoms with Crippen molar-refractivity contribution in [2.75, 3.05) is 7.11 Å². The van der Waals surface area contributed by atoms with E-state index in [1.165, 1.54) is 31.4 Å². The molecule has 0 aliphatic heterocycles. The Hall–Kier alpha value is -3.05. The van der Waals surface area contributed by atoms with Crippen LogP contribution in [0.1, 0.15) is 64.7 Å². The minimum atomic E-state index is -4.59. The first-order chi connectivity index (χ1) is 21.8. The molecule has 5 atom stereocenters. The first kappa shape index (κ1) is 35.8. The Bertz CT molecular complexity index is 1560. The molecule has 2 N–H and O–H groups in total. The van der Waals surface area contributed by atoms with Crippen molar-refractivity contribution in [3.8, 4) is 0 Å². The molecule has 10 heteroatoms. The summed E-state index contributed by atoms with van der Waals surface area (Å²) in [7, 11) is -7.99. The highest BCUT2D eigenvalue weighted by Gasteiger charge is 2.57. The predicted octanol–water partition coefficient (Wildman–Crippen LogP) is 5.97. The summed E-state index contributed by atoms with van der Waals surface area (Å²) in [6.07, 6.45) is 9.03. The lowest BCUT2D eigenvalue weighted by Gasteiger charge is -2.34. The molecule has 8 nitrogen and oxygen atoms in total. The summed E-state index contributed by atoms with van der Waals surface area (Å²) >= 11 is 0. The monoisotopic (exact) mass is 670 g/mol. The molecule has 46 heavy (non-hydrogen) atoms. The van der Waals surface area contributed by atoms with Gasteiger partial charge in [-0.2, -0.15) is 0 Å². The van der Waals surface area contributed by atoms with Crippen molar-refractivity contribution in [1.82, 2.24) is 0 Å². The molecule has 1 saturated carbocycles. The Kier molecular flexibility index (Phi) is 11.5. The quantitative estimate of drug-likeness (QED) is 0.165. The van der Waals surface area contributed by atoms with Gasteiger partial charge in [-0.25, -0.2) is 16.8 Å². The van der Waals surface area contributed by atoms with E-state index in [-0.39, 0.29) is 34.0 Å². The molecule has 0 bridgehead atoms. The average molecular weight is 671 g/mol. The van der Waals surface area contributed by atoms with E-state index in [4.69, 9.17) is 4.74 Å². The minimum absolute atomic E-state index is 0.0640. The second-order valence-electron chi connectivity index (χ2n) is 12.6. The lowest BCUT2D eigenvalue weighted by molar-refractivity contribution is -0.140. The largest absolute Gasteiger partial charge is 0.469 e. The number of carbonyl (C=O) groups excluding carboxylic acids is 1. The van der Waals surface area contributed by atoms with Gasteiger partial charge in [0.05, 0.1) is 28.6 Å². The zero-order valence-electron chi connectivity index (χ0n) is 26.6. The van der Waals surface area contributed by atoms with Crippen molar-refractivity contribution in [1.29, 1.82) is 0 Å². The molecule has 1 fully saturated rings. The standard InChI is InChI=1S/C36H46O8S2/c1-4-6-20-35(39,5-2)21-13-18-31-32-24-27(23-28(32)25-33(31)37)26-36(22-19-34(38)44-3,45(40,41)29-14-9-7-10-15-29)46(42,43)30-16-11-8-12-17-30/h5,7-18,23,28,31-33,37,39H,2,4,6,19-22,24-26H2,1,3H3/t28-,31-,32-,33+,35?/m0/s1. The maximum absolute atomic E-state index is 14.6. The lowest BCUT2D eigenvalue weighted by atomic mass is 9.87. The van der Waals surface area contributed by atoms with E-state index in [0.717, 1.165) is 12.8 Å². The lowest BCUT2D eigenvalue weighted by Crippen LogP contribution is -2.47. The minimum Gasteiger partial charge on any atom is -0.469 e. The van der Waals surface area contributed by atoms with Crippen molar-refractivity contribution >= 4 is 25.6 Å². The van der Waals surface area contributed by atoms with E-state index in [1.54, 1.807) is 42.5 Å². The van der Waals surface area contributed by atoms with Crippen molar-refractivity contribution in [3.63, 3.8) is 0 Å². The van der Waals surface area contributed by atoms with Crippen LogP contribution >= 0.6 is 0 Å². The van der Waals surface area contributed by atoms with Crippen LogP contribution < -0.4 is 0 Å². The molecule has 0 heterocycles. The highest BCUT2D eigenvalue weighted by Crippen LogP contribution is 2.52. The number of sulfone groups is 2. The van der Waals surface area contributed by atoms with Gasteiger partial charge in [0.2, 0.25) is 0 Å².